The summed E-state index contributed by atoms with van der Waals surface area (Å²) >= 11 is 0. The number of nitriles is 1. The molecule has 19 heavy (non-hydrogen) atoms. The highest BCUT2D eigenvalue weighted by atomic mass is 16.2. The Labute approximate surface area is 114 Å². The molecular weight excluding hydrogens is 240 g/mol. The molecule has 0 N–H and O–H groups in total. The topological polar surface area (TPSA) is 61.2 Å². The fraction of sp³-hybridized carbons (Fsp3) is 0.800. The molecule has 1 unspecified atom stereocenters. The van der Waals surface area contributed by atoms with E-state index in [1.807, 2.05) is 6.92 Å². The Morgan fingerprint density at radius 2 is 1.89 bits per heavy atom. The Hall–Kier alpha value is -1.37. The van der Waals surface area contributed by atoms with Gasteiger partial charge in [-0.25, -0.2) is 0 Å². The SMILES string of the molecule is CCCC(C#N)N1C(=O)CC2(CCCCCC2)C1=O. The van der Waals surface area contributed by atoms with Crippen LogP contribution in [0.2, 0.25) is 0 Å². The third-order valence-corrected chi connectivity index (χ3v) is 4.51. The first-order valence-electron chi connectivity index (χ1n) is 7.41. The van der Waals surface area contributed by atoms with Gasteiger partial charge in [0.05, 0.1) is 11.5 Å². The Morgan fingerprint density at radius 3 is 2.42 bits per heavy atom. The summed E-state index contributed by atoms with van der Waals surface area (Å²) < 4.78 is 0. The van der Waals surface area contributed by atoms with Crippen molar-refractivity contribution >= 4 is 11.8 Å². The van der Waals surface area contributed by atoms with Crippen LogP contribution in [0.3, 0.4) is 0 Å². The van der Waals surface area contributed by atoms with Crippen LogP contribution in [0.5, 0.6) is 0 Å². The third-order valence-electron chi connectivity index (χ3n) is 4.51. The summed E-state index contributed by atoms with van der Waals surface area (Å²) in [6.45, 7) is 1.97. The molecule has 104 valence electrons. The van der Waals surface area contributed by atoms with E-state index < -0.39 is 11.5 Å². The molecule has 4 nitrogen and oxygen atoms in total. The molecule has 1 atom stereocenters. The van der Waals surface area contributed by atoms with Gasteiger partial charge in [0, 0.05) is 6.42 Å². The van der Waals surface area contributed by atoms with Crippen LogP contribution < -0.4 is 0 Å². The Balaban J connectivity index is 2.22. The van der Waals surface area contributed by atoms with E-state index in [4.69, 9.17) is 0 Å². The van der Waals surface area contributed by atoms with Gasteiger partial charge in [-0.1, -0.05) is 39.0 Å². The molecule has 2 amide bonds. The van der Waals surface area contributed by atoms with Crippen molar-refractivity contribution in [2.45, 2.75) is 70.8 Å². The fourth-order valence-electron chi connectivity index (χ4n) is 3.46. The first kappa shape index (κ1) is 14.0. The smallest absolute Gasteiger partial charge is 0.237 e. The van der Waals surface area contributed by atoms with E-state index in [1.165, 1.54) is 4.90 Å². The molecule has 0 aromatic carbocycles. The normalized spacial score (nSPS) is 24.3. The molecule has 1 saturated heterocycles. The average molecular weight is 262 g/mol. The highest BCUT2D eigenvalue weighted by Crippen LogP contribution is 2.45. The van der Waals surface area contributed by atoms with E-state index >= 15 is 0 Å². The van der Waals surface area contributed by atoms with E-state index in [-0.39, 0.29) is 11.8 Å². The molecule has 0 aromatic heterocycles. The van der Waals surface area contributed by atoms with Gasteiger partial charge in [-0.3, -0.25) is 14.5 Å². The van der Waals surface area contributed by atoms with Crippen LogP contribution in [0, 0.1) is 16.7 Å². The van der Waals surface area contributed by atoms with E-state index in [1.54, 1.807) is 0 Å². The minimum atomic E-state index is -0.562. The molecule has 2 fully saturated rings. The van der Waals surface area contributed by atoms with Crippen molar-refractivity contribution in [1.29, 1.82) is 5.26 Å². The first-order valence-corrected chi connectivity index (χ1v) is 7.41. The van der Waals surface area contributed by atoms with Crippen molar-refractivity contribution in [1.82, 2.24) is 4.90 Å². The number of imide groups is 1. The molecule has 1 aliphatic heterocycles. The molecule has 1 spiro atoms. The van der Waals surface area contributed by atoms with Gasteiger partial charge in [0.1, 0.15) is 6.04 Å². The van der Waals surface area contributed by atoms with Gasteiger partial charge in [0.15, 0.2) is 0 Å². The summed E-state index contributed by atoms with van der Waals surface area (Å²) in [6, 6.07) is 1.57. The lowest BCUT2D eigenvalue weighted by molar-refractivity contribution is -0.143. The van der Waals surface area contributed by atoms with Crippen molar-refractivity contribution in [2.75, 3.05) is 0 Å². The third kappa shape index (κ3) is 2.51. The van der Waals surface area contributed by atoms with Crippen LogP contribution in [0.15, 0.2) is 0 Å². The van der Waals surface area contributed by atoms with Gasteiger partial charge in [0.25, 0.3) is 0 Å². The Morgan fingerprint density at radius 1 is 1.26 bits per heavy atom. The largest absolute Gasteiger partial charge is 0.274 e. The summed E-state index contributed by atoms with van der Waals surface area (Å²) in [7, 11) is 0. The standard InChI is InChI=1S/C15H22N2O2/c1-2-7-12(11-16)17-13(18)10-15(14(17)19)8-5-3-4-6-9-15/h12H,2-10H2,1H3. The van der Waals surface area contributed by atoms with Crippen molar-refractivity contribution in [2.24, 2.45) is 5.41 Å². The molecular formula is C15H22N2O2. The Kier molecular flexibility index (Phi) is 4.24. The van der Waals surface area contributed by atoms with Crippen molar-refractivity contribution in [3.8, 4) is 6.07 Å². The number of hydrogen-bond acceptors (Lipinski definition) is 3. The maximum atomic E-state index is 12.7. The monoisotopic (exact) mass is 262 g/mol. The minimum absolute atomic E-state index is 0.0700. The van der Waals surface area contributed by atoms with Crippen LogP contribution in [0.1, 0.15) is 64.7 Å². The predicted molar refractivity (Wildman–Crippen MR) is 70.9 cm³/mol. The molecule has 0 aromatic rings. The summed E-state index contributed by atoms with van der Waals surface area (Å²) in [5.41, 5.74) is -0.476. The molecule has 4 heteroatoms. The van der Waals surface area contributed by atoms with Gasteiger partial charge >= 0.3 is 0 Å². The first-order chi connectivity index (χ1) is 9.14. The number of nitrogens with zero attached hydrogens (tertiary/aromatic N) is 2. The summed E-state index contributed by atoms with van der Waals surface area (Å²) in [5, 5.41) is 9.20. The highest BCUT2D eigenvalue weighted by molar-refractivity contribution is 6.06. The quantitative estimate of drug-likeness (QED) is 0.735. The van der Waals surface area contributed by atoms with Crippen LogP contribution in [-0.2, 0) is 9.59 Å². The zero-order chi connectivity index (χ0) is 13.9. The van der Waals surface area contributed by atoms with Gasteiger partial charge in [0.2, 0.25) is 11.8 Å². The predicted octanol–water partition coefficient (Wildman–Crippen LogP) is 2.78. The maximum Gasteiger partial charge on any atom is 0.237 e. The van der Waals surface area contributed by atoms with Gasteiger partial charge in [-0.2, -0.15) is 5.26 Å². The van der Waals surface area contributed by atoms with Crippen LogP contribution in [0.25, 0.3) is 0 Å². The van der Waals surface area contributed by atoms with Crippen LogP contribution in [0.4, 0.5) is 0 Å². The number of hydrogen-bond donors (Lipinski definition) is 0. The summed E-state index contributed by atoms with van der Waals surface area (Å²) in [6.07, 6.45) is 7.71. The molecule has 1 aliphatic carbocycles. The second kappa shape index (κ2) is 5.73. The Bertz CT molecular complexity index is 403. The zero-order valence-corrected chi connectivity index (χ0v) is 11.7. The van der Waals surface area contributed by atoms with E-state index in [0.29, 0.717) is 12.8 Å². The van der Waals surface area contributed by atoms with E-state index in [0.717, 1.165) is 44.9 Å². The van der Waals surface area contributed by atoms with Crippen molar-refractivity contribution in [3.05, 3.63) is 0 Å². The van der Waals surface area contributed by atoms with Crippen molar-refractivity contribution < 1.29 is 9.59 Å². The second-order valence-electron chi connectivity index (χ2n) is 5.87. The maximum absolute atomic E-state index is 12.7. The highest BCUT2D eigenvalue weighted by Gasteiger charge is 2.52. The number of amides is 2. The lowest BCUT2D eigenvalue weighted by atomic mass is 9.79. The lowest BCUT2D eigenvalue weighted by Gasteiger charge is -2.26. The van der Waals surface area contributed by atoms with E-state index in [9.17, 15) is 14.9 Å². The molecule has 0 radical (unpaired) electrons. The number of carbonyl (C=O) groups excluding carboxylic acids is 2. The molecule has 2 rings (SSSR count). The van der Waals surface area contributed by atoms with Crippen molar-refractivity contribution in [3.63, 3.8) is 0 Å². The van der Waals surface area contributed by atoms with Gasteiger partial charge in [-0.05, 0) is 19.3 Å². The zero-order valence-electron chi connectivity index (χ0n) is 11.7. The lowest BCUT2D eigenvalue weighted by Crippen LogP contribution is -2.42. The summed E-state index contributed by atoms with van der Waals surface area (Å²) in [4.78, 5) is 26.1. The van der Waals surface area contributed by atoms with Gasteiger partial charge < -0.3 is 0 Å². The molecule has 2 aliphatic rings. The molecule has 0 bridgehead atoms. The molecule has 1 heterocycles. The molecule has 1 saturated carbocycles. The minimum Gasteiger partial charge on any atom is -0.274 e. The van der Waals surface area contributed by atoms with Crippen LogP contribution >= 0.6 is 0 Å². The summed E-state index contributed by atoms with van der Waals surface area (Å²) in [5.74, 6) is -0.202. The second-order valence-corrected chi connectivity index (χ2v) is 5.87. The average Bonchev–Trinajstić information content (AvgIpc) is 2.59. The number of rotatable bonds is 3. The van der Waals surface area contributed by atoms with Gasteiger partial charge in [-0.15, -0.1) is 0 Å². The van der Waals surface area contributed by atoms with Crippen LogP contribution in [-0.4, -0.2) is 22.8 Å². The number of carbonyl (C=O) groups is 2. The number of likely N-dealkylation sites (tertiary alicyclic amines) is 1. The fourth-order valence-corrected chi connectivity index (χ4v) is 3.46. The van der Waals surface area contributed by atoms with E-state index in [2.05, 4.69) is 6.07 Å².